The van der Waals surface area contributed by atoms with Gasteiger partial charge in [-0.1, -0.05) is 84.4 Å². The summed E-state index contributed by atoms with van der Waals surface area (Å²) >= 11 is 0. The fourth-order valence-corrected chi connectivity index (χ4v) is 2.50. The van der Waals surface area contributed by atoms with Crippen LogP contribution < -0.4 is 0 Å². The second kappa shape index (κ2) is 10.8. The maximum atomic E-state index is 3.78. The number of benzene rings is 1. The molecule has 0 unspecified atom stereocenters. The van der Waals surface area contributed by atoms with E-state index in [4.69, 9.17) is 0 Å². The summed E-state index contributed by atoms with van der Waals surface area (Å²) in [5.74, 6) is 1.74. The van der Waals surface area contributed by atoms with Crippen LogP contribution in [0.2, 0.25) is 0 Å². The van der Waals surface area contributed by atoms with E-state index in [9.17, 15) is 0 Å². The highest BCUT2D eigenvalue weighted by Gasteiger charge is 2.19. The quantitative estimate of drug-likeness (QED) is 0.556. The Bertz CT molecular complexity index is 312. The maximum absolute atomic E-state index is 3.78. The van der Waals surface area contributed by atoms with Gasteiger partial charge >= 0.3 is 0 Å². The predicted molar refractivity (Wildman–Crippen MR) is 89.6 cm³/mol. The van der Waals surface area contributed by atoms with E-state index in [0.717, 1.165) is 11.8 Å². The minimum Gasteiger partial charge on any atom is -0.0985 e. The summed E-state index contributed by atoms with van der Waals surface area (Å²) in [6.07, 6.45) is 7.44. The van der Waals surface area contributed by atoms with Crippen molar-refractivity contribution < 1.29 is 0 Å². The Morgan fingerprint density at radius 1 is 0.895 bits per heavy atom. The van der Waals surface area contributed by atoms with Crippen LogP contribution in [0.15, 0.2) is 30.8 Å². The molecule has 1 fully saturated rings. The molecule has 1 aromatic rings. The van der Waals surface area contributed by atoms with Gasteiger partial charge in [-0.2, -0.15) is 0 Å². The summed E-state index contributed by atoms with van der Waals surface area (Å²) in [5, 5.41) is 0. The molecule has 0 spiro atoms. The zero-order chi connectivity index (χ0) is 14.7. The Morgan fingerprint density at radius 3 is 1.79 bits per heavy atom. The molecule has 0 heteroatoms. The molecule has 0 N–H and O–H groups in total. The lowest BCUT2D eigenvalue weighted by Gasteiger charge is -2.26. The average Bonchev–Trinajstić information content (AvgIpc) is 2.52. The molecule has 0 nitrogen and oxygen atoms in total. The van der Waals surface area contributed by atoms with Crippen molar-refractivity contribution in [3.8, 4) is 0 Å². The monoisotopic (exact) mass is 260 g/mol. The molecule has 108 valence electrons. The van der Waals surface area contributed by atoms with Crippen LogP contribution in [0.3, 0.4) is 0 Å². The molecule has 1 saturated carbocycles. The molecule has 0 aromatic heterocycles. The van der Waals surface area contributed by atoms with Gasteiger partial charge in [-0.05, 0) is 35.8 Å². The third kappa shape index (κ3) is 6.09. The number of hydrogen-bond donors (Lipinski definition) is 0. The van der Waals surface area contributed by atoms with Crippen LogP contribution in [0.5, 0.6) is 0 Å². The van der Waals surface area contributed by atoms with E-state index in [1.807, 2.05) is 33.8 Å². The molecular formula is C19H32. The van der Waals surface area contributed by atoms with Crippen molar-refractivity contribution in [2.24, 2.45) is 5.92 Å². The first-order chi connectivity index (χ1) is 9.29. The highest BCUT2D eigenvalue weighted by Crippen LogP contribution is 2.35. The molecule has 1 aliphatic carbocycles. The molecule has 0 bridgehead atoms. The Balaban J connectivity index is 0.000000741. The van der Waals surface area contributed by atoms with E-state index >= 15 is 0 Å². The van der Waals surface area contributed by atoms with Crippen molar-refractivity contribution in [1.29, 1.82) is 0 Å². The van der Waals surface area contributed by atoms with Gasteiger partial charge in [0.15, 0.2) is 0 Å². The maximum Gasteiger partial charge on any atom is -0.0162 e. The summed E-state index contributed by atoms with van der Waals surface area (Å²) < 4.78 is 0. The van der Waals surface area contributed by atoms with Crippen LogP contribution in [-0.2, 0) is 0 Å². The lowest BCUT2D eigenvalue weighted by Crippen LogP contribution is -2.10. The number of rotatable bonds is 2. The summed E-state index contributed by atoms with van der Waals surface area (Å²) in [5.41, 5.74) is 2.75. The van der Waals surface area contributed by atoms with Gasteiger partial charge in [0, 0.05) is 0 Å². The lowest BCUT2D eigenvalue weighted by molar-refractivity contribution is 0.348. The SMILES string of the molecule is C=Cc1ccc(C2CCC(C)CC2)cc1.CC.CC. The fourth-order valence-electron chi connectivity index (χ4n) is 2.50. The van der Waals surface area contributed by atoms with Crippen molar-refractivity contribution >= 4 is 6.08 Å². The topological polar surface area (TPSA) is 0 Å². The molecule has 19 heavy (non-hydrogen) atoms. The van der Waals surface area contributed by atoms with Gasteiger partial charge in [0.1, 0.15) is 0 Å². The predicted octanol–water partition coefficient (Wildman–Crippen LogP) is 6.68. The third-order valence-corrected chi connectivity index (χ3v) is 3.66. The van der Waals surface area contributed by atoms with Crippen LogP contribution in [0.1, 0.15) is 77.3 Å². The molecule has 1 aliphatic rings. The van der Waals surface area contributed by atoms with Gasteiger partial charge in [-0.15, -0.1) is 0 Å². The van der Waals surface area contributed by atoms with Crippen molar-refractivity contribution in [3.05, 3.63) is 42.0 Å². The molecule has 1 aromatic carbocycles. The van der Waals surface area contributed by atoms with E-state index < -0.39 is 0 Å². The minimum absolute atomic E-state index is 0.806. The van der Waals surface area contributed by atoms with Crippen LogP contribution in [0.25, 0.3) is 6.08 Å². The largest absolute Gasteiger partial charge is 0.0985 e. The Kier molecular flexibility index (Phi) is 10.2. The Morgan fingerprint density at radius 2 is 1.37 bits per heavy atom. The molecule has 0 radical (unpaired) electrons. The fraction of sp³-hybridized carbons (Fsp3) is 0.579. The van der Waals surface area contributed by atoms with Crippen molar-refractivity contribution in [2.75, 3.05) is 0 Å². The smallest absolute Gasteiger partial charge is 0.0162 e. The summed E-state index contributed by atoms with van der Waals surface area (Å²) in [6.45, 7) is 14.2. The Labute approximate surface area is 120 Å². The molecule has 0 aliphatic heterocycles. The number of hydrogen-bond acceptors (Lipinski definition) is 0. The first-order valence-electron chi connectivity index (χ1n) is 8.02. The van der Waals surface area contributed by atoms with E-state index in [1.54, 1.807) is 0 Å². The molecule has 0 atom stereocenters. The summed E-state index contributed by atoms with van der Waals surface area (Å²) in [6, 6.07) is 8.91. The van der Waals surface area contributed by atoms with E-state index in [2.05, 4.69) is 37.8 Å². The highest BCUT2D eigenvalue weighted by molar-refractivity contribution is 5.47. The summed E-state index contributed by atoms with van der Waals surface area (Å²) in [7, 11) is 0. The van der Waals surface area contributed by atoms with Crippen LogP contribution in [-0.4, -0.2) is 0 Å². The van der Waals surface area contributed by atoms with Crippen LogP contribution in [0, 0.1) is 5.92 Å². The zero-order valence-electron chi connectivity index (χ0n) is 13.6. The molecular weight excluding hydrogens is 228 g/mol. The van der Waals surface area contributed by atoms with Gasteiger partial charge in [0.2, 0.25) is 0 Å². The van der Waals surface area contributed by atoms with Gasteiger partial charge in [-0.25, -0.2) is 0 Å². The highest BCUT2D eigenvalue weighted by atomic mass is 14.2. The first kappa shape index (κ1) is 18.0. The van der Waals surface area contributed by atoms with Crippen molar-refractivity contribution in [1.82, 2.24) is 0 Å². The van der Waals surface area contributed by atoms with Gasteiger partial charge in [0.05, 0.1) is 0 Å². The average molecular weight is 260 g/mol. The minimum atomic E-state index is 0.806. The zero-order valence-corrected chi connectivity index (χ0v) is 13.6. The molecule has 2 rings (SSSR count). The second-order valence-corrected chi connectivity index (χ2v) is 4.83. The van der Waals surface area contributed by atoms with Crippen molar-refractivity contribution in [3.63, 3.8) is 0 Å². The van der Waals surface area contributed by atoms with Crippen LogP contribution >= 0.6 is 0 Å². The lowest BCUT2D eigenvalue weighted by atomic mass is 9.79. The van der Waals surface area contributed by atoms with Crippen molar-refractivity contribution in [2.45, 2.75) is 66.2 Å². The second-order valence-electron chi connectivity index (χ2n) is 4.83. The van der Waals surface area contributed by atoms with Gasteiger partial charge in [0.25, 0.3) is 0 Å². The normalized spacial score (nSPS) is 21.3. The third-order valence-electron chi connectivity index (χ3n) is 3.66. The standard InChI is InChI=1S/C15H20.2C2H6/c1-3-13-6-10-15(11-7-13)14-8-4-12(2)5-9-14;2*1-2/h3,6-7,10-12,14H,1,4-5,8-9H2,2H3;2*1-2H3. The molecule has 0 saturated heterocycles. The summed E-state index contributed by atoms with van der Waals surface area (Å²) in [4.78, 5) is 0. The first-order valence-corrected chi connectivity index (χ1v) is 8.02. The van der Waals surface area contributed by atoms with Gasteiger partial charge in [-0.3, -0.25) is 0 Å². The van der Waals surface area contributed by atoms with E-state index in [-0.39, 0.29) is 0 Å². The van der Waals surface area contributed by atoms with E-state index in [0.29, 0.717) is 0 Å². The Hall–Kier alpha value is -1.04. The van der Waals surface area contributed by atoms with Gasteiger partial charge < -0.3 is 0 Å². The molecule has 0 amide bonds. The molecule has 0 heterocycles. The van der Waals surface area contributed by atoms with E-state index in [1.165, 1.54) is 36.8 Å². The van der Waals surface area contributed by atoms with Crippen LogP contribution in [0.4, 0.5) is 0 Å².